The first-order chi connectivity index (χ1) is 14.2. The van der Waals surface area contributed by atoms with Crippen molar-refractivity contribution >= 4 is 21.6 Å². The van der Waals surface area contributed by atoms with Crippen LogP contribution in [0.15, 0.2) is 42.5 Å². The van der Waals surface area contributed by atoms with E-state index in [0.29, 0.717) is 17.9 Å². The number of sulfonamides is 1. The van der Waals surface area contributed by atoms with Gasteiger partial charge >= 0.3 is 0 Å². The van der Waals surface area contributed by atoms with Crippen molar-refractivity contribution in [1.82, 2.24) is 5.32 Å². The van der Waals surface area contributed by atoms with Crippen LogP contribution in [0.25, 0.3) is 0 Å². The molecule has 1 amide bonds. The topological polar surface area (TPSA) is 84.9 Å². The first kappa shape index (κ1) is 23.5. The summed E-state index contributed by atoms with van der Waals surface area (Å²) in [6.07, 6.45) is 1.42. The van der Waals surface area contributed by atoms with Crippen LogP contribution in [0.1, 0.15) is 24.5 Å². The van der Waals surface area contributed by atoms with Crippen molar-refractivity contribution in [3.63, 3.8) is 0 Å². The lowest BCUT2D eigenvalue weighted by Gasteiger charge is -2.30. The Hall–Kier alpha value is -2.74. The van der Waals surface area contributed by atoms with Crippen LogP contribution >= 0.6 is 0 Å². The third-order valence-corrected chi connectivity index (χ3v) is 5.84. The molecule has 0 radical (unpaired) electrons. The molecular formula is C22H30N2O5S. The number of carbonyl (C=O) groups is 1. The minimum absolute atomic E-state index is 0.267. The lowest BCUT2D eigenvalue weighted by Crippen LogP contribution is -2.50. The molecule has 1 atom stereocenters. The van der Waals surface area contributed by atoms with Crippen LogP contribution in [-0.2, 0) is 14.8 Å². The summed E-state index contributed by atoms with van der Waals surface area (Å²) in [5.74, 6) is 1.00. The maximum Gasteiger partial charge on any atom is 0.244 e. The standard InChI is InChI=1S/C22H30N2O5S/c1-6-20(24(30(5,26)27)18-9-11-19(28-4)12-10-18)22(25)23-13-14-29-21-15-16(2)7-8-17(21)3/h7-12,15,20H,6,13-14H2,1-5H3,(H,23,25)/t20-/m1/s1. The van der Waals surface area contributed by atoms with Crippen LogP contribution in [0.4, 0.5) is 5.69 Å². The summed E-state index contributed by atoms with van der Waals surface area (Å²) in [6, 6.07) is 11.6. The normalized spacial score (nSPS) is 12.2. The molecule has 0 fully saturated rings. The molecule has 0 bridgehead atoms. The quantitative estimate of drug-likeness (QED) is 0.581. The summed E-state index contributed by atoms with van der Waals surface area (Å²) in [5, 5.41) is 2.79. The van der Waals surface area contributed by atoms with E-state index in [1.54, 1.807) is 31.2 Å². The number of anilines is 1. The zero-order chi connectivity index (χ0) is 22.3. The zero-order valence-corrected chi connectivity index (χ0v) is 19.0. The van der Waals surface area contributed by atoms with Gasteiger partial charge < -0.3 is 14.8 Å². The van der Waals surface area contributed by atoms with Crippen molar-refractivity contribution < 1.29 is 22.7 Å². The summed E-state index contributed by atoms with van der Waals surface area (Å²) < 4.78 is 37.0. The highest BCUT2D eigenvalue weighted by molar-refractivity contribution is 7.92. The highest BCUT2D eigenvalue weighted by Gasteiger charge is 2.31. The molecule has 30 heavy (non-hydrogen) atoms. The van der Waals surface area contributed by atoms with Crippen LogP contribution < -0.4 is 19.1 Å². The lowest BCUT2D eigenvalue weighted by atomic mass is 10.1. The number of hydrogen-bond acceptors (Lipinski definition) is 5. The maximum atomic E-state index is 12.8. The van der Waals surface area contributed by atoms with E-state index >= 15 is 0 Å². The van der Waals surface area contributed by atoms with Crippen LogP contribution in [0.2, 0.25) is 0 Å². The Morgan fingerprint density at radius 1 is 1.13 bits per heavy atom. The fraction of sp³-hybridized carbons (Fsp3) is 0.409. The van der Waals surface area contributed by atoms with Gasteiger partial charge in [0.15, 0.2) is 0 Å². The van der Waals surface area contributed by atoms with Gasteiger partial charge in [-0.25, -0.2) is 8.42 Å². The van der Waals surface area contributed by atoms with Crippen LogP contribution in [-0.4, -0.2) is 46.9 Å². The van der Waals surface area contributed by atoms with Gasteiger partial charge in [0, 0.05) is 0 Å². The summed E-state index contributed by atoms with van der Waals surface area (Å²) in [7, 11) is -2.14. The average molecular weight is 435 g/mol. The summed E-state index contributed by atoms with van der Waals surface area (Å²) in [5.41, 5.74) is 2.52. The van der Waals surface area contributed by atoms with E-state index < -0.39 is 16.1 Å². The monoisotopic (exact) mass is 434 g/mol. The number of hydrogen-bond donors (Lipinski definition) is 1. The van der Waals surface area contributed by atoms with Gasteiger partial charge in [0.25, 0.3) is 0 Å². The Balaban J connectivity index is 2.07. The average Bonchev–Trinajstić information content (AvgIpc) is 2.70. The Kier molecular flexibility index (Phi) is 8.11. The highest BCUT2D eigenvalue weighted by Crippen LogP contribution is 2.25. The number of methoxy groups -OCH3 is 1. The fourth-order valence-electron chi connectivity index (χ4n) is 3.11. The minimum atomic E-state index is -3.68. The van der Waals surface area contributed by atoms with Crippen molar-refractivity contribution in [2.24, 2.45) is 0 Å². The van der Waals surface area contributed by atoms with E-state index in [1.807, 2.05) is 32.0 Å². The van der Waals surface area contributed by atoms with E-state index in [4.69, 9.17) is 9.47 Å². The van der Waals surface area contributed by atoms with Crippen LogP contribution in [0.3, 0.4) is 0 Å². The molecule has 0 aliphatic rings. The van der Waals surface area contributed by atoms with Crippen molar-refractivity contribution in [3.05, 3.63) is 53.6 Å². The first-order valence-electron chi connectivity index (χ1n) is 9.78. The maximum absolute atomic E-state index is 12.8. The van der Waals surface area contributed by atoms with E-state index in [2.05, 4.69) is 5.32 Å². The van der Waals surface area contributed by atoms with Crippen molar-refractivity contribution in [3.8, 4) is 11.5 Å². The van der Waals surface area contributed by atoms with E-state index in [9.17, 15) is 13.2 Å². The lowest BCUT2D eigenvalue weighted by molar-refractivity contribution is -0.122. The Morgan fingerprint density at radius 3 is 2.37 bits per heavy atom. The van der Waals surface area contributed by atoms with E-state index in [1.165, 1.54) is 7.11 Å². The fourth-order valence-corrected chi connectivity index (χ4v) is 4.32. The van der Waals surface area contributed by atoms with Gasteiger partial charge in [0.05, 0.1) is 25.6 Å². The molecule has 0 unspecified atom stereocenters. The molecule has 7 nitrogen and oxygen atoms in total. The Morgan fingerprint density at radius 2 is 1.80 bits per heavy atom. The summed E-state index contributed by atoms with van der Waals surface area (Å²) >= 11 is 0. The molecule has 0 saturated heterocycles. The number of benzene rings is 2. The van der Waals surface area contributed by atoms with E-state index in [0.717, 1.165) is 27.4 Å². The zero-order valence-electron chi connectivity index (χ0n) is 18.1. The second-order valence-corrected chi connectivity index (χ2v) is 8.95. The van der Waals surface area contributed by atoms with Gasteiger partial charge in [-0.15, -0.1) is 0 Å². The number of ether oxygens (including phenoxy) is 2. The number of amides is 1. The third-order valence-electron chi connectivity index (χ3n) is 4.66. The molecule has 2 rings (SSSR count). The van der Waals surface area contributed by atoms with Gasteiger partial charge in [0.1, 0.15) is 24.1 Å². The number of nitrogens with one attached hydrogen (secondary N) is 1. The summed E-state index contributed by atoms with van der Waals surface area (Å²) in [4.78, 5) is 12.8. The largest absolute Gasteiger partial charge is 0.497 e. The Bertz CT molecular complexity index is 958. The number of nitrogens with zero attached hydrogens (tertiary/aromatic N) is 1. The summed E-state index contributed by atoms with van der Waals surface area (Å²) in [6.45, 7) is 6.27. The molecule has 0 aromatic heterocycles. The van der Waals surface area contributed by atoms with Gasteiger partial charge in [0.2, 0.25) is 15.9 Å². The van der Waals surface area contributed by atoms with Crippen LogP contribution in [0.5, 0.6) is 11.5 Å². The molecule has 0 aliphatic carbocycles. The second-order valence-electron chi connectivity index (χ2n) is 7.09. The molecule has 2 aromatic carbocycles. The molecule has 0 spiro atoms. The molecule has 0 aliphatic heterocycles. The van der Waals surface area contributed by atoms with Crippen molar-refractivity contribution in [2.45, 2.75) is 33.2 Å². The van der Waals surface area contributed by atoms with Crippen molar-refractivity contribution in [1.29, 1.82) is 0 Å². The number of aryl methyl sites for hydroxylation is 2. The predicted octanol–water partition coefficient (Wildman–Crippen LogP) is 3.05. The SMILES string of the molecule is CC[C@H](C(=O)NCCOc1cc(C)ccc1C)N(c1ccc(OC)cc1)S(C)(=O)=O. The molecule has 0 saturated carbocycles. The van der Waals surface area contributed by atoms with Crippen LogP contribution in [0, 0.1) is 13.8 Å². The van der Waals surface area contributed by atoms with Gasteiger partial charge in [-0.05, 0) is 61.7 Å². The molecule has 8 heteroatoms. The van der Waals surface area contributed by atoms with E-state index in [-0.39, 0.29) is 19.1 Å². The molecule has 2 aromatic rings. The number of carbonyl (C=O) groups excluding carboxylic acids is 1. The van der Waals surface area contributed by atoms with Crippen molar-refractivity contribution in [2.75, 3.05) is 30.8 Å². The molecule has 0 heterocycles. The smallest absolute Gasteiger partial charge is 0.244 e. The minimum Gasteiger partial charge on any atom is -0.497 e. The van der Waals surface area contributed by atoms with Gasteiger partial charge in [-0.2, -0.15) is 0 Å². The Labute approximate surface area is 179 Å². The van der Waals surface area contributed by atoms with Gasteiger partial charge in [-0.1, -0.05) is 19.1 Å². The second kappa shape index (κ2) is 10.3. The number of rotatable bonds is 10. The molecule has 164 valence electrons. The molecular weight excluding hydrogens is 404 g/mol. The predicted molar refractivity (Wildman–Crippen MR) is 119 cm³/mol. The highest BCUT2D eigenvalue weighted by atomic mass is 32.2. The molecule has 1 N–H and O–H groups in total. The van der Waals surface area contributed by atoms with Gasteiger partial charge in [-0.3, -0.25) is 9.10 Å². The third kappa shape index (κ3) is 6.13. The first-order valence-corrected chi connectivity index (χ1v) is 11.6.